The van der Waals surface area contributed by atoms with E-state index in [1.807, 2.05) is 32.0 Å². The fourth-order valence-electron chi connectivity index (χ4n) is 1.63. The lowest BCUT2D eigenvalue weighted by Crippen LogP contribution is -2.16. The molecule has 3 nitrogen and oxygen atoms in total. The Kier molecular flexibility index (Phi) is 4.91. The zero-order chi connectivity index (χ0) is 13.8. The molecule has 1 rings (SSSR count). The number of rotatable bonds is 4. The first kappa shape index (κ1) is 14.7. The van der Waals surface area contributed by atoms with Crippen molar-refractivity contribution < 1.29 is 14.6 Å². The quantitative estimate of drug-likeness (QED) is 0.602. The SMILES string of the molecule is CC(C)OOC(=O)c1ccccc1CC(C)(C)C. The highest BCUT2D eigenvalue weighted by Gasteiger charge is 2.18. The summed E-state index contributed by atoms with van der Waals surface area (Å²) in [5.41, 5.74) is 1.69. The number of carbonyl (C=O) groups excluding carboxylic acids is 1. The van der Waals surface area contributed by atoms with Crippen molar-refractivity contribution in [3.05, 3.63) is 35.4 Å². The van der Waals surface area contributed by atoms with E-state index in [0.717, 1.165) is 12.0 Å². The standard InChI is InChI=1S/C15H22O3/c1-11(2)17-18-14(16)13-9-7-6-8-12(13)10-15(3,4)5/h6-9,11H,10H2,1-5H3. The van der Waals surface area contributed by atoms with Gasteiger partial charge in [-0.1, -0.05) is 39.0 Å². The van der Waals surface area contributed by atoms with Gasteiger partial charge in [-0.15, -0.1) is 0 Å². The Balaban J connectivity index is 2.84. The van der Waals surface area contributed by atoms with Crippen molar-refractivity contribution in [1.29, 1.82) is 0 Å². The molecule has 0 radical (unpaired) electrons. The van der Waals surface area contributed by atoms with Crippen LogP contribution in [0.2, 0.25) is 0 Å². The van der Waals surface area contributed by atoms with Crippen LogP contribution in [0.3, 0.4) is 0 Å². The number of carbonyl (C=O) groups is 1. The third kappa shape index (κ3) is 4.88. The highest BCUT2D eigenvalue weighted by molar-refractivity contribution is 5.90. The average Bonchev–Trinajstić information content (AvgIpc) is 2.24. The van der Waals surface area contributed by atoms with Crippen molar-refractivity contribution in [3.8, 4) is 0 Å². The minimum absolute atomic E-state index is 0.120. The number of hydrogen-bond donors (Lipinski definition) is 0. The van der Waals surface area contributed by atoms with Crippen molar-refractivity contribution in [1.82, 2.24) is 0 Å². The summed E-state index contributed by atoms with van der Waals surface area (Å²) in [6.07, 6.45) is 0.684. The molecule has 0 N–H and O–H groups in total. The third-order valence-corrected chi connectivity index (χ3v) is 2.27. The van der Waals surface area contributed by atoms with Crippen LogP contribution in [0.4, 0.5) is 0 Å². The fraction of sp³-hybridized carbons (Fsp3) is 0.533. The summed E-state index contributed by atoms with van der Waals surface area (Å²) in [6, 6.07) is 7.49. The minimum atomic E-state index is -0.427. The van der Waals surface area contributed by atoms with Gasteiger partial charge in [0, 0.05) is 0 Å². The monoisotopic (exact) mass is 250 g/mol. The summed E-state index contributed by atoms with van der Waals surface area (Å²) in [4.78, 5) is 21.6. The molecule has 100 valence electrons. The first-order chi connectivity index (χ1) is 8.29. The Labute approximate surface area is 109 Å². The first-order valence-corrected chi connectivity index (χ1v) is 6.25. The maximum absolute atomic E-state index is 11.9. The lowest BCUT2D eigenvalue weighted by molar-refractivity contribution is -0.265. The molecular weight excluding hydrogens is 228 g/mol. The highest BCUT2D eigenvalue weighted by Crippen LogP contribution is 2.23. The molecule has 1 aromatic carbocycles. The zero-order valence-electron chi connectivity index (χ0n) is 11.8. The molecule has 0 saturated heterocycles. The van der Waals surface area contributed by atoms with Crippen molar-refractivity contribution in [3.63, 3.8) is 0 Å². The van der Waals surface area contributed by atoms with E-state index < -0.39 is 5.97 Å². The zero-order valence-corrected chi connectivity index (χ0v) is 11.8. The topological polar surface area (TPSA) is 35.5 Å². The van der Waals surface area contributed by atoms with Gasteiger partial charge in [-0.25, -0.2) is 4.79 Å². The minimum Gasteiger partial charge on any atom is -0.293 e. The van der Waals surface area contributed by atoms with E-state index in [1.54, 1.807) is 6.07 Å². The lowest BCUT2D eigenvalue weighted by Gasteiger charge is -2.19. The van der Waals surface area contributed by atoms with Gasteiger partial charge in [0.1, 0.15) is 0 Å². The van der Waals surface area contributed by atoms with Crippen LogP contribution in [0.5, 0.6) is 0 Å². The molecule has 0 atom stereocenters. The van der Waals surface area contributed by atoms with Crippen molar-refractivity contribution in [2.75, 3.05) is 0 Å². The smallest absolute Gasteiger partial charge is 0.293 e. The molecule has 18 heavy (non-hydrogen) atoms. The Morgan fingerprint density at radius 1 is 1.22 bits per heavy atom. The second-order valence-electron chi connectivity index (χ2n) is 5.91. The van der Waals surface area contributed by atoms with Gasteiger partial charge in [-0.2, -0.15) is 4.89 Å². The molecule has 0 heterocycles. The molecule has 0 fully saturated rings. The van der Waals surface area contributed by atoms with E-state index in [2.05, 4.69) is 20.8 Å². The van der Waals surface area contributed by atoms with Crippen molar-refractivity contribution in [2.45, 2.75) is 47.1 Å². The van der Waals surface area contributed by atoms with Crippen molar-refractivity contribution in [2.24, 2.45) is 5.41 Å². The highest BCUT2D eigenvalue weighted by atomic mass is 17.2. The molecule has 1 aromatic rings. The van der Waals surface area contributed by atoms with Gasteiger partial charge < -0.3 is 0 Å². The maximum atomic E-state index is 11.9. The summed E-state index contributed by atoms with van der Waals surface area (Å²) >= 11 is 0. The molecule has 0 spiro atoms. The van der Waals surface area contributed by atoms with Gasteiger partial charge in [0.05, 0.1) is 11.7 Å². The molecule has 0 aliphatic carbocycles. The van der Waals surface area contributed by atoms with Crippen LogP contribution in [-0.2, 0) is 16.2 Å². The summed E-state index contributed by atoms with van der Waals surface area (Å²) in [7, 11) is 0. The van der Waals surface area contributed by atoms with E-state index >= 15 is 0 Å². The van der Waals surface area contributed by atoms with E-state index in [0.29, 0.717) is 5.56 Å². The van der Waals surface area contributed by atoms with E-state index in [1.165, 1.54) is 0 Å². The predicted octanol–water partition coefficient (Wildman–Crippen LogP) is 3.77. The van der Waals surface area contributed by atoms with Crippen LogP contribution in [0, 0.1) is 5.41 Å². The average molecular weight is 250 g/mol. The second-order valence-corrected chi connectivity index (χ2v) is 5.91. The molecule has 0 aromatic heterocycles. The van der Waals surface area contributed by atoms with Crippen LogP contribution in [-0.4, -0.2) is 12.1 Å². The molecule has 0 aliphatic heterocycles. The number of benzene rings is 1. The van der Waals surface area contributed by atoms with Gasteiger partial charge in [0.25, 0.3) is 0 Å². The lowest BCUT2D eigenvalue weighted by atomic mass is 9.86. The van der Waals surface area contributed by atoms with Crippen LogP contribution < -0.4 is 0 Å². The Morgan fingerprint density at radius 3 is 2.39 bits per heavy atom. The van der Waals surface area contributed by atoms with Crippen LogP contribution in [0.25, 0.3) is 0 Å². The summed E-state index contributed by atoms with van der Waals surface area (Å²) < 4.78 is 0. The molecular formula is C15H22O3. The van der Waals surface area contributed by atoms with Gasteiger partial charge in [-0.3, -0.25) is 4.89 Å². The Hall–Kier alpha value is -1.35. The first-order valence-electron chi connectivity index (χ1n) is 6.25. The third-order valence-electron chi connectivity index (χ3n) is 2.27. The van der Waals surface area contributed by atoms with Gasteiger partial charge in [0.2, 0.25) is 0 Å². The molecule has 0 saturated carbocycles. The molecule has 3 heteroatoms. The predicted molar refractivity (Wildman–Crippen MR) is 71.2 cm³/mol. The molecule has 0 amide bonds. The van der Waals surface area contributed by atoms with E-state index in [9.17, 15) is 4.79 Å². The van der Waals surface area contributed by atoms with Crippen LogP contribution in [0.1, 0.15) is 50.5 Å². The second kappa shape index (κ2) is 6.01. The van der Waals surface area contributed by atoms with Gasteiger partial charge in [-0.05, 0) is 37.3 Å². The Bertz CT molecular complexity index is 402. The summed E-state index contributed by atoms with van der Waals surface area (Å²) in [6.45, 7) is 10.0. The van der Waals surface area contributed by atoms with E-state index in [4.69, 9.17) is 9.78 Å². The van der Waals surface area contributed by atoms with E-state index in [-0.39, 0.29) is 11.5 Å². The van der Waals surface area contributed by atoms with Crippen LogP contribution in [0.15, 0.2) is 24.3 Å². The van der Waals surface area contributed by atoms with Crippen molar-refractivity contribution >= 4 is 5.97 Å². The van der Waals surface area contributed by atoms with Crippen LogP contribution >= 0.6 is 0 Å². The maximum Gasteiger partial charge on any atom is 0.373 e. The molecule has 0 aliphatic rings. The largest absolute Gasteiger partial charge is 0.373 e. The number of hydrogen-bond acceptors (Lipinski definition) is 3. The Morgan fingerprint density at radius 2 is 1.83 bits per heavy atom. The molecule has 0 bridgehead atoms. The molecule has 0 unspecified atom stereocenters. The normalized spacial score (nSPS) is 11.7. The van der Waals surface area contributed by atoms with Gasteiger partial charge >= 0.3 is 5.97 Å². The van der Waals surface area contributed by atoms with Gasteiger partial charge in [0.15, 0.2) is 0 Å². The summed E-state index contributed by atoms with van der Waals surface area (Å²) in [5.74, 6) is -0.427. The fourth-order valence-corrected chi connectivity index (χ4v) is 1.63. The summed E-state index contributed by atoms with van der Waals surface area (Å²) in [5, 5.41) is 0.